The van der Waals surface area contributed by atoms with Crippen molar-refractivity contribution in [3.05, 3.63) is 65.2 Å². The van der Waals surface area contributed by atoms with Gasteiger partial charge in [-0.05, 0) is 42.8 Å². The molecular formula is C17H13N3O2S. The molecule has 0 saturated heterocycles. The summed E-state index contributed by atoms with van der Waals surface area (Å²) in [4.78, 5) is 0.166. The number of nitriles is 2. The molecule has 0 spiro atoms. The molecule has 2 aromatic carbocycles. The van der Waals surface area contributed by atoms with Gasteiger partial charge in [-0.15, -0.1) is 0 Å². The molecule has 0 aliphatic heterocycles. The summed E-state index contributed by atoms with van der Waals surface area (Å²) in [5, 5.41) is 17.5. The van der Waals surface area contributed by atoms with E-state index in [0.717, 1.165) is 5.56 Å². The van der Waals surface area contributed by atoms with Crippen molar-refractivity contribution in [3.8, 4) is 12.1 Å². The van der Waals surface area contributed by atoms with E-state index in [1.165, 1.54) is 18.2 Å². The van der Waals surface area contributed by atoms with Crippen LogP contribution in [0.5, 0.6) is 0 Å². The monoisotopic (exact) mass is 323 g/mol. The minimum Gasteiger partial charge on any atom is -0.280 e. The van der Waals surface area contributed by atoms with Gasteiger partial charge in [0.15, 0.2) is 0 Å². The number of rotatable bonds is 4. The second-order valence-corrected chi connectivity index (χ2v) is 6.51. The lowest BCUT2D eigenvalue weighted by molar-refractivity contribution is 0.601. The Morgan fingerprint density at radius 2 is 1.74 bits per heavy atom. The molecule has 0 aliphatic rings. The van der Waals surface area contributed by atoms with Crippen molar-refractivity contribution in [1.29, 1.82) is 10.5 Å². The molecule has 0 heterocycles. The molecule has 1 N–H and O–H groups in total. The maximum atomic E-state index is 12.3. The van der Waals surface area contributed by atoms with Gasteiger partial charge in [0.2, 0.25) is 0 Å². The summed E-state index contributed by atoms with van der Waals surface area (Å²) in [6, 6.07) is 16.5. The smallest absolute Gasteiger partial charge is 0.261 e. The number of allylic oxidation sites excluding steroid dienone is 1. The minimum atomic E-state index is -3.69. The number of hydrogen-bond acceptors (Lipinski definition) is 4. The highest BCUT2D eigenvalue weighted by Crippen LogP contribution is 2.19. The zero-order valence-electron chi connectivity index (χ0n) is 12.3. The molecule has 0 saturated carbocycles. The number of aryl methyl sites for hydroxylation is 1. The van der Waals surface area contributed by atoms with Crippen molar-refractivity contribution < 1.29 is 8.42 Å². The Balaban J connectivity index is 2.31. The van der Waals surface area contributed by atoms with Crippen LogP contribution >= 0.6 is 0 Å². The third kappa shape index (κ3) is 4.19. The fourth-order valence-corrected chi connectivity index (χ4v) is 2.93. The van der Waals surface area contributed by atoms with E-state index in [2.05, 4.69) is 4.72 Å². The van der Waals surface area contributed by atoms with E-state index in [1.54, 1.807) is 48.5 Å². The minimum absolute atomic E-state index is 0.0523. The van der Waals surface area contributed by atoms with Crippen molar-refractivity contribution in [2.24, 2.45) is 0 Å². The van der Waals surface area contributed by atoms with E-state index in [0.29, 0.717) is 11.3 Å². The van der Waals surface area contributed by atoms with Crippen LogP contribution in [0, 0.1) is 29.6 Å². The summed E-state index contributed by atoms with van der Waals surface area (Å²) in [5.41, 5.74) is 1.84. The maximum absolute atomic E-state index is 12.3. The number of sulfonamides is 1. The first-order valence-electron chi connectivity index (χ1n) is 6.66. The Kier molecular flexibility index (Phi) is 4.80. The maximum Gasteiger partial charge on any atom is 0.261 e. The molecule has 0 aliphatic carbocycles. The normalized spacial score (nSPS) is 10.2. The first kappa shape index (κ1) is 16.3. The summed E-state index contributed by atoms with van der Waals surface area (Å²) in [7, 11) is -3.69. The molecule has 114 valence electrons. The van der Waals surface area contributed by atoms with Gasteiger partial charge >= 0.3 is 0 Å². The molecule has 0 radical (unpaired) electrons. The lowest BCUT2D eigenvalue weighted by Gasteiger charge is -2.09. The van der Waals surface area contributed by atoms with E-state index in [1.807, 2.05) is 6.92 Å². The van der Waals surface area contributed by atoms with Crippen molar-refractivity contribution in [3.63, 3.8) is 0 Å². The van der Waals surface area contributed by atoms with Crippen LogP contribution in [0.15, 0.2) is 59.0 Å². The van der Waals surface area contributed by atoms with Crippen molar-refractivity contribution in [1.82, 2.24) is 0 Å². The van der Waals surface area contributed by atoms with Gasteiger partial charge in [-0.2, -0.15) is 10.5 Å². The molecule has 0 atom stereocenters. The summed E-state index contributed by atoms with van der Waals surface area (Å²) in [5.74, 6) is 0. The molecule has 2 aromatic rings. The highest BCUT2D eigenvalue weighted by molar-refractivity contribution is 7.92. The van der Waals surface area contributed by atoms with Crippen molar-refractivity contribution in [2.75, 3.05) is 4.72 Å². The predicted octanol–water partition coefficient (Wildman–Crippen LogP) is 3.23. The van der Waals surface area contributed by atoms with Gasteiger partial charge in [0.05, 0.1) is 4.90 Å². The zero-order chi connectivity index (χ0) is 16.9. The quantitative estimate of drug-likeness (QED) is 0.874. The Bertz CT molecular complexity index is 915. The molecular weight excluding hydrogens is 310 g/mol. The van der Waals surface area contributed by atoms with Crippen LogP contribution in [0.2, 0.25) is 0 Å². The average Bonchev–Trinajstić information content (AvgIpc) is 2.53. The summed E-state index contributed by atoms with van der Waals surface area (Å²) < 4.78 is 27.1. The van der Waals surface area contributed by atoms with Crippen LogP contribution in [0.25, 0.3) is 6.08 Å². The molecule has 23 heavy (non-hydrogen) atoms. The SMILES string of the molecule is Cc1ccc(S(=O)(=O)Nc2cccc(C=C(C#N)C#N)c2)cc1. The second-order valence-electron chi connectivity index (χ2n) is 4.83. The Hall–Kier alpha value is -3.09. The van der Waals surface area contributed by atoms with Gasteiger partial charge in [-0.3, -0.25) is 4.72 Å². The number of anilines is 1. The fraction of sp³-hybridized carbons (Fsp3) is 0.0588. The molecule has 0 bridgehead atoms. The number of benzene rings is 2. The first-order valence-corrected chi connectivity index (χ1v) is 8.14. The standard InChI is InChI=1S/C17H13N3O2S/c1-13-5-7-17(8-6-13)23(21,22)20-16-4-2-3-14(10-16)9-15(11-18)12-19/h2-10,20H,1H3. The third-order valence-electron chi connectivity index (χ3n) is 3.02. The first-order chi connectivity index (χ1) is 10.9. The molecule has 0 fully saturated rings. The van der Waals surface area contributed by atoms with Crippen LogP contribution in [-0.2, 0) is 10.0 Å². The van der Waals surface area contributed by atoms with Crippen LogP contribution in [-0.4, -0.2) is 8.42 Å². The van der Waals surface area contributed by atoms with Gasteiger partial charge in [-0.25, -0.2) is 8.42 Å². The van der Waals surface area contributed by atoms with Crippen molar-refractivity contribution >= 4 is 21.8 Å². The molecule has 2 rings (SSSR count). The number of nitrogens with zero attached hydrogens (tertiary/aromatic N) is 2. The molecule has 5 nitrogen and oxygen atoms in total. The zero-order valence-corrected chi connectivity index (χ0v) is 13.1. The van der Waals surface area contributed by atoms with Gasteiger partial charge in [-0.1, -0.05) is 29.8 Å². The summed E-state index contributed by atoms with van der Waals surface area (Å²) in [6.45, 7) is 1.88. The lowest BCUT2D eigenvalue weighted by Crippen LogP contribution is -2.12. The second kappa shape index (κ2) is 6.78. The molecule has 0 aromatic heterocycles. The largest absolute Gasteiger partial charge is 0.280 e. The van der Waals surface area contributed by atoms with Gasteiger partial charge in [0, 0.05) is 5.69 Å². The summed E-state index contributed by atoms with van der Waals surface area (Å²) >= 11 is 0. The van der Waals surface area contributed by atoms with E-state index < -0.39 is 10.0 Å². The van der Waals surface area contributed by atoms with Crippen LogP contribution in [0.4, 0.5) is 5.69 Å². The van der Waals surface area contributed by atoms with Gasteiger partial charge < -0.3 is 0 Å². The topological polar surface area (TPSA) is 93.8 Å². The average molecular weight is 323 g/mol. The molecule has 6 heteroatoms. The third-order valence-corrected chi connectivity index (χ3v) is 4.42. The predicted molar refractivity (Wildman–Crippen MR) is 87.6 cm³/mol. The number of nitrogens with one attached hydrogen (secondary N) is 1. The highest BCUT2D eigenvalue weighted by atomic mass is 32.2. The Morgan fingerprint density at radius 1 is 1.09 bits per heavy atom. The fourth-order valence-electron chi connectivity index (χ4n) is 1.88. The lowest BCUT2D eigenvalue weighted by atomic mass is 10.1. The van der Waals surface area contributed by atoms with E-state index >= 15 is 0 Å². The van der Waals surface area contributed by atoms with Crippen LogP contribution in [0.3, 0.4) is 0 Å². The molecule has 0 amide bonds. The highest BCUT2D eigenvalue weighted by Gasteiger charge is 2.13. The van der Waals surface area contributed by atoms with E-state index in [4.69, 9.17) is 10.5 Å². The van der Waals surface area contributed by atoms with Crippen LogP contribution in [0.1, 0.15) is 11.1 Å². The summed E-state index contributed by atoms with van der Waals surface area (Å²) in [6.07, 6.45) is 1.39. The van der Waals surface area contributed by atoms with E-state index in [9.17, 15) is 8.42 Å². The Morgan fingerprint density at radius 3 is 2.35 bits per heavy atom. The van der Waals surface area contributed by atoms with Crippen molar-refractivity contribution in [2.45, 2.75) is 11.8 Å². The van der Waals surface area contributed by atoms with Gasteiger partial charge in [0.1, 0.15) is 17.7 Å². The molecule has 0 unspecified atom stereocenters. The van der Waals surface area contributed by atoms with E-state index in [-0.39, 0.29) is 10.5 Å². The van der Waals surface area contributed by atoms with Crippen LogP contribution < -0.4 is 4.72 Å². The Labute approximate surface area is 135 Å². The number of hydrogen-bond donors (Lipinski definition) is 1. The van der Waals surface area contributed by atoms with Gasteiger partial charge in [0.25, 0.3) is 10.0 Å².